The summed E-state index contributed by atoms with van der Waals surface area (Å²) in [4.78, 5) is 0. The van der Waals surface area contributed by atoms with Gasteiger partial charge in [-0.25, -0.2) is 0 Å². The molecular formula is C17H29NO3. The summed E-state index contributed by atoms with van der Waals surface area (Å²) in [6, 6.07) is 7.70. The molecule has 1 rings (SSSR count). The molecule has 0 heterocycles. The monoisotopic (exact) mass is 295 g/mol. The van der Waals surface area contributed by atoms with Crippen LogP contribution in [0.15, 0.2) is 24.3 Å². The van der Waals surface area contributed by atoms with Gasteiger partial charge in [0.05, 0.1) is 18.2 Å². The van der Waals surface area contributed by atoms with E-state index in [1.54, 1.807) is 7.11 Å². The van der Waals surface area contributed by atoms with Gasteiger partial charge >= 0.3 is 0 Å². The zero-order chi connectivity index (χ0) is 15.7. The number of hydrogen-bond acceptors (Lipinski definition) is 4. The molecule has 1 atom stereocenters. The van der Waals surface area contributed by atoms with Gasteiger partial charge in [-0.05, 0) is 25.8 Å². The summed E-state index contributed by atoms with van der Waals surface area (Å²) >= 11 is 0. The van der Waals surface area contributed by atoms with Gasteiger partial charge in [-0.3, -0.25) is 0 Å². The first-order valence-corrected chi connectivity index (χ1v) is 7.75. The SMILES string of the molecule is CCOC(CC)(CC)C(N)c1ccccc1OCCOC. The van der Waals surface area contributed by atoms with Crippen LogP contribution < -0.4 is 10.5 Å². The van der Waals surface area contributed by atoms with E-state index in [9.17, 15) is 0 Å². The summed E-state index contributed by atoms with van der Waals surface area (Å²) in [5.41, 5.74) is 7.19. The number of benzene rings is 1. The molecule has 4 heteroatoms. The molecule has 0 aliphatic heterocycles. The Labute approximate surface area is 128 Å². The maximum Gasteiger partial charge on any atom is 0.124 e. The fourth-order valence-electron chi connectivity index (χ4n) is 2.66. The van der Waals surface area contributed by atoms with Crippen molar-refractivity contribution in [3.63, 3.8) is 0 Å². The van der Waals surface area contributed by atoms with Crippen molar-refractivity contribution in [2.45, 2.75) is 45.3 Å². The van der Waals surface area contributed by atoms with Crippen molar-refractivity contribution in [2.75, 3.05) is 26.9 Å². The van der Waals surface area contributed by atoms with E-state index in [0.717, 1.165) is 24.2 Å². The topological polar surface area (TPSA) is 53.7 Å². The molecular weight excluding hydrogens is 266 g/mol. The van der Waals surface area contributed by atoms with Gasteiger partial charge in [0, 0.05) is 19.3 Å². The minimum atomic E-state index is -0.352. The minimum Gasteiger partial charge on any atom is -0.491 e. The summed E-state index contributed by atoms with van der Waals surface area (Å²) < 4.78 is 16.9. The zero-order valence-electron chi connectivity index (χ0n) is 13.7. The molecule has 1 aromatic rings. The van der Waals surface area contributed by atoms with Crippen LogP contribution in [0.2, 0.25) is 0 Å². The van der Waals surface area contributed by atoms with Crippen LogP contribution in [0.4, 0.5) is 0 Å². The van der Waals surface area contributed by atoms with E-state index < -0.39 is 0 Å². The summed E-state index contributed by atoms with van der Waals surface area (Å²) in [5, 5.41) is 0. The molecule has 0 bridgehead atoms. The molecule has 4 nitrogen and oxygen atoms in total. The Morgan fingerprint density at radius 1 is 1.10 bits per heavy atom. The number of methoxy groups -OCH3 is 1. The Kier molecular flexibility index (Phi) is 7.72. The highest BCUT2D eigenvalue weighted by Crippen LogP contribution is 2.37. The predicted molar refractivity (Wildman–Crippen MR) is 85.7 cm³/mol. The summed E-state index contributed by atoms with van der Waals surface area (Å²) in [5.74, 6) is 0.813. The average Bonchev–Trinajstić information content (AvgIpc) is 2.53. The van der Waals surface area contributed by atoms with E-state index in [0.29, 0.717) is 19.8 Å². The predicted octanol–water partition coefficient (Wildman–Crippen LogP) is 3.31. The van der Waals surface area contributed by atoms with Gasteiger partial charge < -0.3 is 19.9 Å². The third kappa shape index (κ3) is 4.43. The standard InChI is InChI=1S/C17H29NO3/c1-5-17(6-2,21-7-3)16(18)14-10-8-9-11-15(14)20-13-12-19-4/h8-11,16H,5-7,12-13,18H2,1-4H3. The highest BCUT2D eigenvalue weighted by atomic mass is 16.5. The van der Waals surface area contributed by atoms with Crippen LogP contribution in [0.25, 0.3) is 0 Å². The second-order valence-corrected chi connectivity index (χ2v) is 5.06. The molecule has 0 aromatic heterocycles. The molecule has 21 heavy (non-hydrogen) atoms. The lowest BCUT2D eigenvalue weighted by Gasteiger charge is -2.38. The quantitative estimate of drug-likeness (QED) is 0.673. The van der Waals surface area contributed by atoms with Crippen LogP contribution in [0.5, 0.6) is 5.75 Å². The number of rotatable bonds is 10. The molecule has 0 radical (unpaired) electrons. The van der Waals surface area contributed by atoms with Crippen molar-refractivity contribution in [2.24, 2.45) is 5.73 Å². The van der Waals surface area contributed by atoms with Crippen molar-refractivity contribution < 1.29 is 14.2 Å². The number of ether oxygens (including phenoxy) is 3. The van der Waals surface area contributed by atoms with Gasteiger partial charge in [0.15, 0.2) is 0 Å². The van der Waals surface area contributed by atoms with E-state index in [4.69, 9.17) is 19.9 Å². The lowest BCUT2D eigenvalue weighted by atomic mass is 9.84. The van der Waals surface area contributed by atoms with E-state index in [2.05, 4.69) is 13.8 Å². The molecule has 1 aromatic carbocycles. The van der Waals surface area contributed by atoms with E-state index >= 15 is 0 Å². The number of para-hydroxylation sites is 1. The van der Waals surface area contributed by atoms with Crippen LogP contribution in [0.1, 0.15) is 45.2 Å². The fraction of sp³-hybridized carbons (Fsp3) is 0.647. The third-order valence-corrected chi connectivity index (χ3v) is 3.99. The van der Waals surface area contributed by atoms with Crippen LogP contribution in [0.3, 0.4) is 0 Å². The fourth-order valence-corrected chi connectivity index (χ4v) is 2.66. The lowest BCUT2D eigenvalue weighted by molar-refractivity contribution is -0.0650. The normalized spacial score (nSPS) is 13.2. The molecule has 1 unspecified atom stereocenters. The Balaban J connectivity index is 3.01. The van der Waals surface area contributed by atoms with Crippen LogP contribution in [-0.4, -0.2) is 32.5 Å². The third-order valence-electron chi connectivity index (χ3n) is 3.99. The van der Waals surface area contributed by atoms with Gasteiger partial charge in [0.25, 0.3) is 0 Å². The van der Waals surface area contributed by atoms with Gasteiger partial charge in [0.1, 0.15) is 12.4 Å². The Morgan fingerprint density at radius 2 is 1.76 bits per heavy atom. The van der Waals surface area contributed by atoms with E-state index in [1.807, 2.05) is 31.2 Å². The van der Waals surface area contributed by atoms with Crippen molar-refractivity contribution in [1.29, 1.82) is 0 Å². The molecule has 0 aliphatic carbocycles. The maximum absolute atomic E-state index is 6.55. The van der Waals surface area contributed by atoms with Crippen LogP contribution in [-0.2, 0) is 9.47 Å². The average molecular weight is 295 g/mol. The summed E-state index contributed by atoms with van der Waals surface area (Å²) in [6.45, 7) is 7.97. The summed E-state index contributed by atoms with van der Waals surface area (Å²) in [7, 11) is 1.66. The first kappa shape index (κ1) is 18.0. The molecule has 120 valence electrons. The minimum absolute atomic E-state index is 0.216. The second-order valence-electron chi connectivity index (χ2n) is 5.06. The molecule has 0 fully saturated rings. The molecule has 0 saturated carbocycles. The molecule has 0 amide bonds. The van der Waals surface area contributed by atoms with E-state index in [1.165, 1.54) is 0 Å². The molecule has 0 aliphatic rings. The van der Waals surface area contributed by atoms with Crippen LogP contribution in [0, 0.1) is 0 Å². The van der Waals surface area contributed by atoms with Gasteiger partial charge in [0.2, 0.25) is 0 Å². The highest BCUT2D eigenvalue weighted by Gasteiger charge is 2.36. The molecule has 2 N–H and O–H groups in total. The summed E-state index contributed by atoms with van der Waals surface area (Å²) in [6.07, 6.45) is 1.73. The largest absolute Gasteiger partial charge is 0.491 e. The maximum atomic E-state index is 6.55. The van der Waals surface area contributed by atoms with Gasteiger partial charge in [-0.15, -0.1) is 0 Å². The van der Waals surface area contributed by atoms with Crippen molar-refractivity contribution in [1.82, 2.24) is 0 Å². The number of nitrogens with two attached hydrogens (primary N) is 1. The van der Waals surface area contributed by atoms with E-state index in [-0.39, 0.29) is 11.6 Å². The Hall–Kier alpha value is -1.10. The first-order valence-electron chi connectivity index (χ1n) is 7.75. The van der Waals surface area contributed by atoms with Crippen LogP contribution >= 0.6 is 0 Å². The Bertz CT molecular complexity index is 405. The zero-order valence-corrected chi connectivity index (χ0v) is 13.7. The smallest absolute Gasteiger partial charge is 0.124 e. The van der Waals surface area contributed by atoms with Gasteiger partial charge in [-0.2, -0.15) is 0 Å². The van der Waals surface area contributed by atoms with Gasteiger partial charge in [-0.1, -0.05) is 32.0 Å². The van der Waals surface area contributed by atoms with Crippen molar-refractivity contribution >= 4 is 0 Å². The number of hydrogen-bond donors (Lipinski definition) is 1. The molecule has 0 saturated heterocycles. The van der Waals surface area contributed by atoms with Crippen molar-refractivity contribution in [3.05, 3.63) is 29.8 Å². The second kappa shape index (κ2) is 9.03. The lowest BCUT2D eigenvalue weighted by Crippen LogP contribution is -2.43. The Morgan fingerprint density at radius 3 is 2.33 bits per heavy atom. The molecule has 0 spiro atoms. The first-order chi connectivity index (χ1) is 10.1. The highest BCUT2D eigenvalue weighted by molar-refractivity contribution is 5.37. The van der Waals surface area contributed by atoms with Crippen molar-refractivity contribution in [3.8, 4) is 5.75 Å².